The maximum atomic E-state index is 11.9. The van der Waals surface area contributed by atoms with Crippen molar-refractivity contribution in [2.45, 2.75) is 19.8 Å². The van der Waals surface area contributed by atoms with Gasteiger partial charge in [0, 0.05) is 25.4 Å². The van der Waals surface area contributed by atoms with Gasteiger partial charge < -0.3 is 10.4 Å². The second-order valence-corrected chi connectivity index (χ2v) is 5.32. The van der Waals surface area contributed by atoms with E-state index in [1.165, 1.54) is 11.3 Å². The largest absolute Gasteiger partial charge is 0.481 e. The number of fused-ring (bicyclic) bond motifs is 1. The van der Waals surface area contributed by atoms with Crippen LogP contribution in [0.5, 0.6) is 0 Å². The number of nitrogens with zero attached hydrogens (tertiary/aromatic N) is 2. The quantitative estimate of drug-likeness (QED) is 0.814. The van der Waals surface area contributed by atoms with Crippen molar-refractivity contribution in [1.29, 1.82) is 0 Å². The van der Waals surface area contributed by atoms with Crippen molar-refractivity contribution < 1.29 is 14.7 Å². The van der Waals surface area contributed by atoms with E-state index < -0.39 is 5.97 Å². The summed E-state index contributed by atoms with van der Waals surface area (Å²) in [6.45, 7) is 2.28. The minimum absolute atomic E-state index is 0.0652. The van der Waals surface area contributed by atoms with Gasteiger partial charge in [-0.1, -0.05) is 0 Å². The molecule has 0 spiro atoms. The fourth-order valence-corrected chi connectivity index (χ4v) is 2.89. The van der Waals surface area contributed by atoms with E-state index in [1.807, 2.05) is 20.0 Å². The molecule has 6 nitrogen and oxygen atoms in total. The van der Waals surface area contributed by atoms with E-state index >= 15 is 0 Å². The van der Waals surface area contributed by atoms with Crippen molar-refractivity contribution in [2.24, 2.45) is 7.05 Å². The lowest BCUT2D eigenvalue weighted by atomic mass is 10.3. The minimum atomic E-state index is -0.849. The number of carboxylic acids is 1. The Balaban J connectivity index is 2.01. The standard InChI is InChI=1S/C12H15N3O3S/c1-7-8-6-9(19-12(8)15(2)14-7)11(18)13-5-3-4-10(16)17/h6H,3-5H2,1-2H3,(H,13,18)(H,16,17). The lowest BCUT2D eigenvalue weighted by Gasteiger charge is -2.01. The van der Waals surface area contributed by atoms with Crippen LogP contribution in [0.4, 0.5) is 0 Å². The summed E-state index contributed by atoms with van der Waals surface area (Å²) in [5.41, 5.74) is 0.902. The number of aryl methyl sites for hydroxylation is 2. The van der Waals surface area contributed by atoms with Gasteiger partial charge in [0.15, 0.2) is 0 Å². The van der Waals surface area contributed by atoms with Crippen LogP contribution >= 0.6 is 11.3 Å². The highest BCUT2D eigenvalue weighted by Gasteiger charge is 2.14. The lowest BCUT2D eigenvalue weighted by molar-refractivity contribution is -0.137. The van der Waals surface area contributed by atoms with E-state index in [-0.39, 0.29) is 12.3 Å². The van der Waals surface area contributed by atoms with Crippen LogP contribution in [0, 0.1) is 6.92 Å². The first kappa shape index (κ1) is 13.5. The average molecular weight is 281 g/mol. The molecule has 1 amide bonds. The number of aliphatic carboxylic acids is 1. The number of rotatable bonds is 5. The van der Waals surface area contributed by atoms with Crippen LogP contribution in [0.2, 0.25) is 0 Å². The Morgan fingerprint density at radius 2 is 2.26 bits per heavy atom. The van der Waals surface area contributed by atoms with Gasteiger partial charge in [-0.25, -0.2) is 0 Å². The fourth-order valence-electron chi connectivity index (χ4n) is 1.85. The van der Waals surface area contributed by atoms with Crippen molar-refractivity contribution in [2.75, 3.05) is 6.54 Å². The normalized spacial score (nSPS) is 10.8. The number of hydrogen-bond acceptors (Lipinski definition) is 4. The van der Waals surface area contributed by atoms with Crippen molar-refractivity contribution in [3.8, 4) is 0 Å². The zero-order valence-electron chi connectivity index (χ0n) is 10.8. The summed E-state index contributed by atoms with van der Waals surface area (Å²) in [5, 5.41) is 16.5. The van der Waals surface area contributed by atoms with Gasteiger partial charge in [0.25, 0.3) is 5.91 Å². The number of thiophene rings is 1. The predicted octanol–water partition coefficient (Wildman–Crippen LogP) is 1.54. The molecule has 19 heavy (non-hydrogen) atoms. The van der Waals surface area contributed by atoms with E-state index in [1.54, 1.807) is 4.68 Å². The molecule has 7 heteroatoms. The first-order valence-electron chi connectivity index (χ1n) is 5.92. The molecule has 2 heterocycles. The number of amides is 1. The molecule has 0 radical (unpaired) electrons. The number of aromatic nitrogens is 2. The Morgan fingerprint density at radius 3 is 2.89 bits per heavy atom. The molecule has 102 valence electrons. The van der Waals surface area contributed by atoms with Crippen molar-refractivity contribution in [1.82, 2.24) is 15.1 Å². The fraction of sp³-hybridized carbons (Fsp3) is 0.417. The summed E-state index contributed by atoms with van der Waals surface area (Å²) in [6, 6.07) is 1.83. The Morgan fingerprint density at radius 1 is 1.53 bits per heavy atom. The third kappa shape index (κ3) is 2.93. The molecule has 0 unspecified atom stereocenters. The van der Waals surface area contributed by atoms with Gasteiger partial charge in [-0.05, 0) is 19.4 Å². The van der Waals surface area contributed by atoms with Crippen LogP contribution in [-0.2, 0) is 11.8 Å². The Hall–Kier alpha value is -1.89. The molecule has 0 saturated carbocycles. The predicted molar refractivity (Wildman–Crippen MR) is 72.5 cm³/mol. The van der Waals surface area contributed by atoms with Crippen molar-refractivity contribution in [3.63, 3.8) is 0 Å². The second kappa shape index (κ2) is 5.40. The van der Waals surface area contributed by atoms with E-state index in [2.05, 4.69) is 10.4 Å². The van der Waals surface area contributed by atoms with Crippen LogP contribution in [-0.4, -0.2) is 33.3 Å². The third-order valence-electron chi connectivity index (χ3n) is 2.77. The van der Waals surface area contributed by atoms with Gasteiger partial charge in [-0.2, -0.15) is 5.10 Å². The van der Waals surface area contributed by atoms with Gasteiger partial charge in [-0.3, -0.25) is 14.3 Å². The summed E-state index contributed by atoms with van der Waals surface area (Å²) in [6.07, 6.45) is 0.502. The van der Waals surface area contributed by atoms with Gasteiger partial charge in [-0.15, -0.1) is 11.3 Å². The maximum Gasteiger partial charge on any atom is 0.303 e. The zero-order chi connectivity index (χ0) is 14.0. The van der Waals surface area contributed by atoms with E-state index in [4.69, 9.17) is 5.11 Å². The van der Waals surface area contributed by atoms with Crippen LogP contribution in [0.25, 0.3) is 10.2 Å². The summed E-state index contributed by atoms with van der Waals surface area (Å²) in [5.74, 6) is -1.01. The highest BCUT2D eigenvalue weighted by atomic mass is 32.1. The molecule has 0 bridgehead atoms. The zero-order valence-corrected chi connectivity index (χ0v) is 11.6. The lowest BCUT2D eigenvalue weighted by Crippen LogP contribution is -2.24. The Labute approximate surface area is 114 Å². The SMILES string of the molecule is Cc1nn(C)c2sc(C(=O)NCCCC(=O)O)cc12. The first-order valence-corrected chi connectivity index (χ1v) is 6.74. The number of hydrogen-bond donors (Lipinski definition) is 2. The van der Waals surface area contributed by atoms with E-state index in [0.717, 1.165) is 15.9 Å². The summed E-state index contributed by atoms with van der Waals surface area (Å²) >= 11 is 1.39. The number of carboxylic acid groups (broad SMARTS) is 1. The smallest absolute Gasteiger partial charge is 0.303 e. The molecule has 0 atom stereocenters. The van der Waals surface area contributed by atoms with E-state index in [9.17, 15) is 9.59 Å². The molecule has 0 aromatic carbocycles. The van der Waals surface area contributed by atoms with Crippen molar-refractivity contribution in [3.05, 3.63) is 16.6 Å². The molecule has 0 fully saturated rings. The Kier molecular flexibility index (Phi) is 3.84. The highest BCUT2D eigenvalue weighted by molar-refractivity contribution is 7.20. The molecule has 2 aromatic heterocycles. The first-order chi connectivity index (χ1) is 8.99. The summed E-state index contributed by atoms with van der Waals surface area (Å²) in [7, 11) is 1.85. The van der Waals surface area contributed by atoms with Gasteiger partial charge in [0.1, 0.15) is 4.83 Å². The van der Waals surface area contributed by atoms with Crippen LogP contribution in [0.1, 0.15) is 28.2 Å². The second-order valence-electron chi connectivity index (χ2n) is 4.29. The third-order valence-corrected chi connectivity index (χ3v) is 3.97. The van der Waals surface area contributed by atoms with Crippen LogP contribution in [0.15, 0.2) is 6.07 Å². The van der Waals surface area contributed by atoms with Crippen LogP contribution in [0.3, 0.4) is 0 Å². The topological polar surface area (TPSA) is 84.2 Å². The average Bonchev–Trinajstić information content (AvgIpc) is 2.88. The summed E-state index contributed by atoms with van der Waals surface area (Å²) in [4.78, 5) is 23.8. The Bertz CT molecular complexity index is 595. The van der Waals surface area contributed by atoms with Crippen molar-refractivity contribution >= 4 is 33.4 Å². The van der Waals surface area contributed by atoms with Gasteiger partial charge >= 0.3 is 5.97 Å². The van der Waals surface area contributed by atoms with Gasteiger partial charge in [0.05, 0.1) is 10.6 Å². The number of nitrogens with one attached hydrogen (secondary N) is 1. The molecule has 0 aliphatic carbocycles. The van der Waals surface area contributed by atoms with E-state index in [0.29, 0.717) is 17.8 Å². The molecule has 0 aliphatic heterocycles. The minimum Gasteiger partial charge on any atom is -0.481 e. The molecule has 0 aliphatic rings. The monoisotopic (exact) mass is 281 g/mol. The number of carbonyl (C=O) groups excluding carboxylic acids is 1. The highest BCUT2D eigenvalue weighted by Crippen LogP contribution is 2.27. The molecule has 0 saturated heterocycles. The molecule has 2 aromatic rings. The maximum absolute atomic E-state index is 11.9. The van der Waals surface area contributed by atoms with Gasteiger partial charge in [0.2, 0.25) is 0 Å². The number of carbonyl (C=O) groups is 2. The summed E-state index contributed by atoms with van der Waals surface area (Å²) < 4.78 is 1.76. The van der Waals surface area contributed by atoms with Crippen LogP contribution < -0.4 is 5.32 Å². The molecular formula is C12H15N3O3S. The molecule has 2 N–H and O–H groups in total. The molecular weight excluding hydrogens is 266 g/mol. The molecule has 2 rings (SSSR count).